The van der Waals surface area contributed by atoms with Gasteiger partial charge in [0.2, 0.25) is 0 Å². The third-order valence-corrected chi connectivity index (χ3v) is 3.50. The van der Waals surface area contributed by atoms with Gasteiger partial charge >= 0.3 is 0 Å². The summed E-state index contributed by atoms with van der Waals surface area (Å²) in [5.41, 5.74) is 1.15. The molecule has 1 fully saturated rings. The first kappa shape index (κ1) is 13.1. The quantitative estimate of drug-likeness (QED) is 0.876. The summed E-state index contributed by atoms with van der Waals surface area (Å²) in [6.45, 7) is 10.5. The van der Waals surface area contributed by atoms with E-state index in [4.69, 9.17) is 0 Å². The van der Waals surface area contributed by atoms with Crippen molar-refractivity contribution in [2.45, 2.75) is 26.8 Å². The highest BCUT2D eigenvalue weighted by molar-refractivity contribution is 5.58. The molecule has 0 bridgehead atoms. The number of likely N-dealkylation sites (N-methyl/N-ethyl adjacent to an activating group) is 1. The van der Waals surface area contributed by atoms with E-state index in [1.54, 1.807) is 6.33 Å². The maximum absolute atomic E-state index is 4.48. The van der Waals surface area contributed by atoms with E-state index in [-0.39, 0.29) is 0 Å². The van der Waals surface area contributed by atoms with Crippen molar-refractivity contribution in [1.82, 2.24) is 14.9 Å². The van der Waals surface area contributed by atoms with Crippen LogP contribution in [0.4, 0.5) is 11.6 Å². The topological polar surface area (TPSA) is 44.3 Å². The third kappa shape index (κ3) is 2.56. The Hall–Kier alpha value is -1.36. The Morgan fingerprint density at radius 3 is 2.83 bits per heavy atom. The number of hydrogen-bond acceptors (Lipinski definition) is 5. The molecular weight excluding hydrogens is 226 g/mol. The van der Waals surface area contributed by atoms with Gasteiger partial charge in [0.15, 0.2) is 0 Å². The lowest BCUT2D eigenvalue weighted by Gasteiger charge is -2.39. The van der Waals surface area contributed by atoms with E-state index in [0.717, 1.165) is 43.4 Å². The number of nitrogens with one attached hydrogen (secondary N) is 1. The molecule has 100 valence electrons. The van der Waals surface area contributed by atoms with Crippen LogP contribution in [0.1, 0.15) is 19.4 Å². The fraction of sp³-hybridized carbons (Fsp3) is 0.692. The molecule has 1 unspecified atom stereocenters. The van der Waals surface area contributed by atoms with Crippen LogP contribution in [0.5, 0.6) is 0 Å². The molecule has 1 aromatic rings. The molecule has 1 atom stereocenters. The molecule has 0 aliphatic carbocycles. The number of nitrogens with zero attached hydrogens (tertiary/aromatic N) is 4. The van der Waals surface area contributed by atoms with Gasteiger partial charge in [0.1, 0.15) is 18.0 Å². The smallest absolute Gasteiger partial charge is 0.137 e. The molecule has 0 aromatic carbocycles. The summed E-state index contributed by atoms with van der Waals surface area (Å²) < 4.78 is 0. The molecule has 0 amide bonds. The second-order valence-corrected chi connectivity index (χ2v) is 5.01. The predicted octanol–water partition coefficient (Wildman–Crippen LogP) is 1.36. The number of rotatable bonds is 3. The summed E-state index contributed by atoms with van der Waals surface area (Å²) in [6.07, 6.45) is 1.66. The molecule has 0 radical (unpaired) electrons. The van der Waals surface area contributed by atoms with E-state index in [1.165, 1.54) is 0 Å². The van der Waals surface area contributed by atoms with Gasteiger partial charge in [-0.2, -0.15) is 0 Å². The number of hydrogen-bond donors (Lipinski definition) is 1. The molecule has 5 heteroatoms. The molecule has 1 saturated heterocycles. The van der Waals surface area contributed by atoms with Crippen molar-refractivity contribution < 1.29 is 0 Å². The van der Waals surface area contributed by atoms with Gasteiger partial charge in [-0.3, -0.25) is 0 Å². The van der Waals surface area contributed by atoms with E-state index >= 15 is 0 Å². The van der Waals surface area contributed by atoms with E-state index < -0.39 is 0 Å². The number of piperazine rings is 1. The Kier molecular flexibility index (Phi) is 4.01. The van der Waals surface area contributed by atoms with Gasteiger partial charge in [0.25, 0.3) is 0 Å². The molecule has 1 aliphatic heterocycles. The van der Waals surface area contributed by atoms with Crippen molar-refractivity contribution in [1.29, 1.82) is 0 Å². The SMILES string of the molecule is CCNc1ncnc(N2CCN(C)CC2C)c1C. The van der Waals surface area contributed by atoms with Gasteiger partial charge in [-0.25, -0.2) is 9.97 Å². The molecular formula is C13H23N5. The molecule has 2 heterocycles. The lowest BCUT2D eigenvalue weighted by Crippen LogP contribution is -2.51. The van der Waals surface area contributed by atoms with Gasteiger partial charge in [0, 0.05) is 37.8 Å². The summed E-state index contributed by atoms with van der Waals surface area (Å²) in [5, 5.41) is 3.29. The zero-order valence-corrected chi connectivity index (χ0v) is 11.8. The lowest BCUT2D eigenvalue weighted by molar-refractivity contribution is 0.274. The minimum absolute atomic E-state index is 0.492. The fourth-order valence-corrected chi connectivity index (χ4v) is 2.53. The van der Waals surface area contributed by atoms with Crippen molar-refractivity contribution in [3.63, 3.8) is 0 Å². The van der Waals surface area contributed by atoms with E-state index in [2.05, 4.69) is 52.9 Å². The zero-order valence-electron chi connectivity index (χ0n) is 11.8. The molecule has 2 rings (SSSR count). The molecule has 1 aliphatic rings. The Morgan fingerprint density at radius 2 is 2.17 bits per heavy atom. The van der Waals surface area contributed by atoms with Gasteiger partial charge in [-0.15, -0.1) is 0 Å². The average Bonchev–Trinajstić information content (AvgIpc) is 2.33. The monoisotopic (exact) mass is 249 g/mol. The summed E-state index contributed by atoms with van der Waals surface area (Å²) in [6, 6.07) is 0.492. The summed E-state index contributed by atoms with van der Waals surface area (Å²) in [5.74, 6) is 2.02. The highest BCUT2D eigenvalue weighted by Crippen LogP contribution is 2.25. The molecule has 5 nitrogen and oxygen atoms in total. The van der Waals surface area contributed by atoms with Crippen molar-refractivity contribution in [2.75, 3.05) is 43.4 Å². The van der Waals surface area contributed by atoms with Crippen molar-refractivity contribution in [3.05, 3.63) is 11.9 Å². The van der Waals surface area contributed by atoms with Crippen LogP contribution in [-0.4, -0.2) is 54.1 Å². The van der Waals surface area contributed by atoms with Gasteiger partial charge in [-0.1, -0.05) is 0 Å². The highest BCUT2D eigenvalue weighted by Gasteiger charge is 2.24. The molecule has 1 aromatic heterocycles. The van der Waals surface area contributed by atoms with Gasteiger partial charge in [0.05, 0.1) is 0 Å². The maximum atomic E-state index is 4.48. The molecule has 18 heavy (non-hydrogen) atoms. The Labute approximate surface area is 109 Å². The predicted molar refractivity (Wildman–Crippen MR) is 75.2 cm³/mol. The van der Waals surface area contributed by atoms with E-state index in [0.29, 0.717) is 6.04 Å². The van der Waals surface area contributed by atoms with Crippen LogP contribution < -0.4 is 10.2 Å². The van der Waals surface area contributed by atoms with Crippen LogP contribution in [0.3, 0.4) is 0 Å². The molecule has 0 spiro atoms. The molecule has 1 N–H and O–H groups in total. The van der Waals surface area contributed by atoms with Crippen LogP contribution in [0, 0.1) is 6.92 Å². The second-order valence-electron chi connectivity index (χ2n) is 5.01. The lowest BCUT2D eigenvalue weighted by atomic mass is 10.1. The van der Waals surface area contributed by atoms with Crippen molar-refractivity contribution >= 4 is 11.6 Å². The van der Waals surface area contributed by atoms with E-state index in [9.17, 15) is 0 Å². The maximum Gasteiger partial charge on any atom is 0.137 e. The van der Waals surface area contributed by atoms with Gasteiger partial charge < -0.3 is 15.1 Å². The Morgan fingerprint density at radius 1 is 1.39 bits per heavy atom. The first-order valence-corrected chi connectivity index (χ1v) is 6.64. The van der Waals surface area contributed by atoms with Crippen molar-refractivity contribution in [2.24, 2.45) is 0 Å². The minimum atomic E-state index is 0.492. The Balaban J connectivity index is 2.25. The van der Waals surface area contributed by atoms with Crippen LogP contribution >= 0.6 is 0 Å². The van der Waals surface area contributed by atoms with Crippen LogP contribution in [0.15, 0.2) is 6.33 Å². The van der Waals surface area contributed by atoms with Crippen LogP contribution in [-0.2, 0) is 0 Å². The molecule has 0 saturated carbocycles. The summed E-state index contributed by atoms with van der Waals surface area (Å²) in [7, 11) is 2.17. The largest absolute Gasteiger partial charge is 0.370 e. The first-order valence-electron chi connectivity index (χ1n) is 6.64. The normalized spacial score (nSPS) is 21.1. The van der Waals surface area contributed by atoms with Gasteiger partial charge in [-0.05, 0) is 27.8 Å². The zero-order chi connectivity index (χ0) is 13.1. The summed E-state index contributed by atoms with van der Waals surface area (Å²) in [4.78, 5) is 13.5. The van der Waals surface area contributed by atoms with Crippen molar-refractivity contribution in [3.8, 4) is 0 Å². The third-order valence-electron chi connectivity index (χ3n) is 3.50. The number of aromatic nitrogens is 2. The minimum Gasteiger partial charge on any atom is -0.370 e. The average molecular weight is 249 g/mol. The fourth-order valence-electron chi connectivity index (χ4n) is 2.53. The Bertz CT molecular complexity index is 406. The van der Waals surface area contributed by atoms with E-state index in [1.807, 2.05) is 0 Å². The first-order chi connectivity index (χ1) is 8.63. The number of anilines is 2. The highest BCUT2D eigenvalue weighted by atomic mass is 15.3. The second kappa shape index (κ2) is 5.52. The summed E-state index contributed by atoms with van der Waals surface area (Å²) >= 11 is 0. The standard InChI is InChI=1S/C13H23N5/c1-5-14-12-11(3)13(16-9-15-12)18-7-6-17(4)8-10(18)2/h9-10H,5-8H2,1-4H3,(H,14,15,16). The van der Waals surface area contributed by atoms with Crippen LogP contribution in [0.2, 0.25) is 0 Å². The van der Waals surface area contributed by atoms with Crippen LogP contribution in [0.25, 0.3) is 0 Å².